The van der Waals surface area contributed by atoms with Crippen LogP contribution in [0.1, 0.15) is 35.3 Å². The number of hydrogen-bond donors (Lipinski definition) is 1. The van der Waals surface area contributed by atoms with E-state index in [2.05, 4.69) is 10.3 Å². The summed E-state index contributed by atoms with van der Waals surface area (Å²) in [5, 5.41) is 2.89. The van der Waals surface area contributed by atoms with Gasteiger partial charge in [0.25, 0.3) is 5.91 Å². The molecule has 1 N–H and O–H groups in total. The molecule has 0 radical (unpaired) electrons. The smallest absolute Gasteiger partial charge is 0.341 e. The Morgan fingerprint density at radius 3 is 2.38 bits per heavy atom. The fourth-order valence-corrected chi connectivity index (χ4v) is 2.52. The van der Waals surface area contributed by atoms with Crippen LogP contribution >= 0.6 is 11.6 Å². The Bertz CT molecular complexity index is 725. The fraction of sp³-hybridized carbons (Fsp3) is 0.278. The molecule has 1 aromatic carbocycles. The average molecular weight is 347 g/mol. The molecular formula is C18H19ClN2O3. The number of aromatic nitrogens is 1. The van der Waals surface area contributed by atoms with Gasteiger partial charge in [0.15, 0.2) is 6.61 Å². The second kappa shape index (κ2) is 8.45. The molecule has 0 saturated heterocycles. The van der Waals surface area contributed by atoms with Gasteiger partial charge in [0.2, 0.25) is 0 Å². The van der Waals surface area contributed by atoms with Crippen molar-refractivity contribution in [2.45, 2.75) is 26.7 Å². The van der Waals surface area contributed by atoms with Gasteiger partial charge in [0, 0.05) is 11.9 Å². The van der Waals surface area contributed by atoms with Crippen molar-refractivity contribution in [2.75, 3.05) is 11.9 Å². The van der Waals surface area contributed by atoms with E-state index in [1.54, 1.807) is 6.07 Å². The first-order valence-electron chi connectivity index (χ1n) is 7.75. The van der Waals surface area contributed by atoms with Gasteiger partial charge in [-0.05, 0) is 36.1 Å². The number of nitrogens with zero attached hydrogens (tertiary/aromatic N) is 1. The largest absolute Gasteiger partial charge is 0.452 e. The van der Waals surface area contributed by atoms with Crippen LogP contribution in [0.25, 0.3) is 0 Å². The molecule has 6 heteroatoms. The summed E-state index contributed by atoms with van der Waals surface area (Å²) >= 11 is 5.83. The Hall–Kier alpha value is -2.40. The minimum Gasteiger partial charge on any atom is -0.452 e. The van der Waals surface area contributed by atoms with Crippen LogP contribution in [0, 0.1) is 0 Å². The third-order valence-electron chi connectivity index (χ3n) is 3.58. The first-order chi connectivity index (χ1) is 11.6. The highest BCUT2D eigenvalue weighted by molar-refractivity contribution is 6.32. The average Bonchev–Trinajstić information content (AvgIpc) is 2.60. The number of pyridine rings is 1. The third-order valence-corrected chi connectivity index (χ3v) is 3.88. The Morgan fingerprint density at radius 2 is 1.79 bits per heavy atom. The minimum atomic E-state index is -0.678. The molecule has 0 spiro atoms. The second-order valence-electron chi connectivity index (χ2n) is 5.12. The summed E-state index contributed by atoms with van der Waals surface area (Å²) < 4.78 is 5.01. The van der Waals surface area contributed by atoms with Crippen LogP contribution in [-0.2, 0) is 22.4 Å². The lowest BCUT2D eigenvalue weighted by atomic mass is 10.0. The molecule has 0 saturated carbocycles. The summed E-state index contributed by atoms with van der Waals surface area (Å²) in [5.74, 6) is -1.07. The predicted molar refractivity (Wildman–Crippen MR) is 93.4 cm³/mol. The van der Waals surface area contributed by atoms with Gasteiger partial charge in [-0.25, -0.2) is 9.78 Å². The van der Waals surface area contributed by atoms with Crippen molar-refractivity contribution in [3.05, 3.63) is 58.4 Å². The minimum absolute atomic E-state index is 0.0486. The van der Waals surface area contributed by atoms with Gasteiger partial charge >= 0.3 is 5.97 Å². The number of anilines is 1. The number of aryl methyl sites for hydroxylation is 2. The Morgan fingerprint density at radius 1 is 1.12 bits per heavy atom. The molecule has 0 bridgehead atoms. The van der Waals surface area contributed by atoms with E-state index in [0.29, 0.717) is 0 Å². The summed E-state index contributed by atoms with van der Waals surface area (Å²) in [5.41, 5.74) is 3.02. The van der Waals surface area contributed by atoms with E-state index >= 15 is 0 Å². The van der Waals surface area contributed by atoms with E-state index in [1.165, 1.54) is 12.3 Å². The first kappa shape index (κ1) is 17.9. The van der Waals surface area contributed by atoms with Gasteiger partial charge < -0.3 is 10.1 Å². The normalized spacial score (nSPS) is 10.3. The molecule has 0 atom stereocenters. The predicted octanol–water partition coefficient (Wildman–Crippen LogP) is 3.66. The number of hydrogen-bond acceptors (Lipinski definition) is 4. The van der Waals surface area contributed by atoms with Crippen molar-refractivity contribution in [2.24, 2.45) is 0 Å². The molecule has 0 fully saturated rings. The monoisotopic (exact) mass is 346 g/mol. The van der Waals surface area contributed by atoms with Gasteiger partial charge in [0.05, 0.1) is 5.56 Å². The number of rotatable bonds is 6. The maximum atomic E-state index is 12.1. The van der Waals surface area contributed by atoms with Crippen LogP contribution in [0.2, 0.25) is 5.15 Å². The molecule has 1 amide bonds. The Kier molecular flexibility index (Phi) is 6.32. The molecule has 0 unspecified atom stereocenters. The van der Waals surface area contributed by atoms with Gasteiger partial charge in [-0.3, -0.25) is 4.79 Å². The van der Waals surface area contributed by atoms with E-state index in [4.69, 9.17) is 16.3 Å². The van der Waals surface area contributed by atoms with Gasteiger partial charge in [-0.2, -0.15) is 0 Å². The zero-order valence-corrected chi connectivity index (χ0v) is 14.4. The highest BCUT2D eigenvalue weighted by Gasteiger charge is 2.15. The molecule has 24 heavy (non-hydrogen) atoms. The molecule has 1 heterocycles. The van der Waals surface area contributed by atoms with E-state index in [0.717, 1.165) is 29.7 Å². The number of nitrogens with one attached hydrogen (secondary N) is 1. The highest BCUT2D eigenvalue weighted by atomic mass is 35.5. The standard InChI is InChI=1S/C18H19ClN2O3/c1-3-12-7-5-8-13(4-2)16(12)21-15(22)11-24-18(23)14-9-6-10-20-17(14)19/h5-10H,3-4,11H2,1-2H3,(H,21,22). The van der Waals surface area contributed by atoms with Crippen molar-refractivity contribution < 1.29 is 14.3 Å². The molecule has 2 rings (SSSR count). The fourth-order valence-electron chi connectivity index (χ4n) is 2.33. The Labute approximate surface area is 146 Å². The SMILES string of the molecule is CCc1cccc(CC)c1NC(=O)COC(=O)c1cccnc1Cl. The number of amides is 1. The summed E-state index contributed by atoms with van der Waals surface area (Å²) in [4.78, 5) is 27.9. The topological polar surface area (TPSA) is 68.3 Å². The number of ether oxygens (including phenoxy) is 1. The summed E-state index contributed by atoms with van der Waals surface area (Å²) in [6.45, 7) is 3.66. The molecule has 0 aliphatic heterocycles. The zero-order valence-electron chi connectivity index (χ0n) is 13.6. The van der Waals surface area contributed by atoms with Gasteiger partial charge in [-0.15, -0.1) is 0 Å². The number of benzene rings is 1. The van der Waals surface area contributed by atoms with Crippen LogP contribution in [0.15, 0.2) is 36.5 Å². The molecule has 126 valence electrons. The molecule has 0 aliphatic rings. The van der Waals surface area contributed by atoms with Crippen molar-refractivity contribution in [1.82, 2.24) is 4.98 Å². The summed E-state index contributed by atoms with van der Waals surface area (Å²) in [7, 11) is 0. The van der Waals surface area contributed by atoms with Crippen LogP contribution in [0.5, 0.6) is 0 Å². The second-order valence-corrected chi connectivity index (χ2v) is 5.48. The molecule has 0 aliphatic carbocycles. The van der Waals surface area contributed by atoms with Crippen molar-refractivity contribution in [1.29, 1.82) is 0 Å². The summed E-state index contributed by atoms with van der Waals surface area (Å²) in [6.07, 6.45) is 3.07. The van der Waals surface area contributed by atoms with Crippen LogP contribution in [0.4, 0.5) is 5.69 Å². The lowest BCUT2D eigenvalue weighted by Gasteiger charge is -2.14. The van der Waals surface area contributed by atoms with E-state index in [1.807, 2.05) is 32.0 Å². The maximum absolute atomic E-state index is 12.1. The summed E-state index contributed by atoms with van der Waals surface area (Å²) in [6, 6.07) is 8.98. The first-order valence-corrected chi connectivity index (χ1v) is 8.12. The lowest BCUT2D eigenvalue weighted by molar-refractivity contribution is -0.119. The van der Waals surface area contributed by atoms with E-state index in [9.17, 15) is 9.59 Å². The van der Waals surface area contributed by atoms with Crippen molar-refractivity contribution >= 4 is 29.2 Å². The maximum Gasteiger partial charge on any atom is 0.341 e. The number of para-hydroxylation sites is 1. The molecule has 1 aromatic heterocycles. The molecular weight excluding hydrogens is 328 g/mol. The van der Waals surface area contributed by atoms with Crippen LogP contribution in [0.3, 0.4) is 0 Å². The lowest BCUT2D eigenvalue weighted by Crippen LogP contribution is -2.22. The van der Waals surface area contributed by atoms with Gasteiger partial charge in [-0.1, -0.05) is 43.6 Å². The number of halogens is 1. The Balaban J connectivity index is 2.02. The zero-order chi connectivity index (χ0) is 17.5. The van der Waals surface area contributed by atoms with Crippen LogP contribution < -0.4 is 5.32 Å². The van der Waals surface area contributed by atoms with Gasteiger partial charge in [0.1, 0.15) is 5.15 Å². The van der Waals surface area contributed by atoms with Crippen molar-refractivity contribution in [3.8, 4) is 0 Å². The molecule has 5 nitrogen and oxygen atoms in total. The van der Waals surface area contributed by atoms with E-state index in [-0.39, 0.29) is 23.2 Å². The quantitative estimate of drug-likeness (QED) is 0.640. The third kappa shape index (κ3) is 4.32. The number of esters is 1. The number of carbonyl (C=O) groups is 2. The van der Waals surface area contributed by atoms with E-state index < -0.39 is 5.97 Å². The highest BCUT2D eigenvalue weighted by Crippen LogP contribution is 2.22. The van der Waals surface area contributed by atoms with Crippen LogP contribution in [-0.4, -0.2) is 23.5 Å². The van der Waals surface area contributed by atoms with Crippen molar-refractivity contribution in [3.63, 3.8) is 0 Å². The molecule has 2 aromatic rings. The number of carbonyl (C=O) groups excluding carboxylic acids is 2.